The maximum Gasteiger partial charge on any atom is 0.362 e. The number of Topliss-reactive ketones (excluding diaryl/α,β-unsaturated/α-hetero) is 1. The van der Waals surface area contributed by atoms with Crippen LogP contribution in [0.3, 0.4) is 0 Å². The minimum absolute atomic E-state index is 0.110. The fraction of sp³-hybridized carbons (Fsp3) is 0.250. The van der Waals surface area contributed by atoms with Crippen molar-refractivity contribution >= 4 is 44.4 Å². The van der Waals surface area contributed by atoms with Gasteiger partial charge in [0, 0.05) is 5.38 Å². The Labute approximate surface area is 116 Å². The van der Waals surface area contributed by atoms with E-state index in [1.165, 1.54) is 5.38 Å². The summed E-state index contributed by atoms with van der Waals surface area (Å²) in [4.78, 5) is 38.1. The Bertz CT molecular complexity index is 696. The van der Waals surface area contributed by atoms with Crippen LogP contribution in [0.4, 0.5) is 5.13 Å². The zero-order valence-electron chi connectivity index (χ0n) is 9.64. The summed E-state index contributed by atoms with van der Waals surface area (Å²) in [6, 6.07) is -1.18. The second-order valence-electron chi connectivity index (χ2n) is 3.77. The van der Waals surface area contributed by atoms with Crippen LogP contribution in [0.2, 0.25) is 0 Å². The monoisotopic (exact) mass is 320 g/mol. The van der Waals surface area contributed by atoms with E-state index in [2.05, 4.69) is 4.98 Å². The predicted octanol–water partition coefficient (Wildman–Crippen LogP) is -1.96. The number of nitrogens with one attached hydrogen (secondary N) is 1. The normalized spacial score (nSPS) is 18.6. The summed E-state index contributed by atoms with van der Waals surface area (Å²) in [7, 11) is -4.63. The molecule has 1 aromatic heterocycles. The minimum Gasteiger partial charge on any atom is -0.375 e. The van der Waals surface area contributed by atoms with Crippen LogP contribution in [-0.4, -0.2) is 52.4 Å². The van der Waals surface area contributed by atoms with E-state index in [1.807, 2.05) is 5.32 Å². The van der Waals surface area contributed by atoms with Crippen molar-refractivity contribution in [3.8, 4) is 0 Å². The number of thiazole rings is 1. The lowest BCUT2D eigenvalue weighted by atomic mass is 10.1. The van der Waals surface area contributed by atoms with Crippen molar-refractivity contribution in [1.29, 1.82) is 0 Å². The average Bonchev–Trinajstić information content (AvgIpc) is 2.77. The predicted molar refractivity (Wildman–Crippen MR) is 66.0 cm³/mol. The molecule has 1 saturated heterocycles. The average molecular weight is 320 g/mol. The highest BCUT2D eigenvalue weighted by molar-refractivity contribution is 7.84. The number of carbonyl (C=O) groups is 3. The molecule has 0 aliphatic carbocycles. The number of hydrogen-bond acceptors (Lipinski definition) is 8. The molecule has 10 nitrogen and oxygen atoms in total. The largest absolute Gasteiger partial charge is 0.375 e. The summed E-state index contributed by atoms with van der Waals surface area (Å²) >= 11 is 0.971. The number of amides is 2. The highest BCUT2D eigenvalue weighted by atomic mass is 32.2. The Morgan fingerprint density at radius 2 is 2.20 bits per heavy atom. The van der Waals surface area contributed by atoms with Crippen molar-refractivity contribution < 1.29 is 27.4 Å². The second-order valence-corrected chi connectivity index (χ2v) is 6.00. The van der Waals surface area contributed by atoms with Crippen LogP contribution < -0.4 is 11.1 Å². The third-order valence-electron chi connectivity index (χ3n) is 2.44. The van der Waals surface area contributed by atoms with E-state index in [0.717, 1.165) is 11.3 Å². The third kappa shape index (κ3) is 2.61. The zero-order valence-corrected chi connectivity index (χ0v) is 11.3. The summed E-state index contributed by atoms with van der Waals surface area (Å²) in [6.07, 6.45) is 0. The zero-order chi connectivity index (χ0) is 15.1. The summed E-state index contributed by atoms with van der Waals surface area (Å²) in [5.74, 6) is -3.12. The molecule has 0 bridgehead atoms. The Kier molecular flexibility index (Phi) is 3.45. The topological polar surface area (TPSA) is 160 Å². The Hall–Kier alpha value is -2.05. The maximum atomic E-state index is 11.6. The van der Waals surface area contributed by atoms with Crippen molar-refractivity contribution in [3.05, 3.63) is 11.1 Å². The molecule has 1 aliphatic rings. The van der Waals surface area contributed by atoms with Crippen molar-refractivity contribution in [2.24, 2.45) is 0 Å². The number of carbonyl (C=O) groups excluding carboxylic acids is 3. The fourth-order valence-electron chi connectivity index (χ4n) is 1.44. The molecule has 1 aliphatic heterocycles. The summed E-state index contributed by atoms with van der Waals surface area (Å²) < 4.78 is 30.1. The van der Waals surface area contributed by atoms with E-state index in [4.69, 9.17) is 10.3 Å². The van der Waals surface area contributed by atoms with Crippen LogP contribution >= 0.6 is 11.3 Å². The van der Waals surface area contributed by atoms with Gasteiger partial charge < -0.3 is 11.1 Å². The lowest BCUT2D eigenvalue weighted by molar-refractivity contribution is -0.139. The van der Waals surface area contributed by atoms with Crippen molar-refractivity contribution in [2.75, 3.05) is 12.3 Å². The maximum absolute atomic E-state index is 11.6. The highest BCUT2D eigenvalue weighted by Crippen LogP contribution is 2.15. The van der Waals surface area contributed by atoms with Gasteiger partial charge in [-0.15, -0.1) is 11.3 Å². The van der Waals surface area contributed by atoms with Gasteiger partial charge in [-0.2, -0.15) is 8.42 Å². The Morgan fingerprint density at radius 1 is 1.55 bits per heavy atom. The molecule has 108 valence electrons. The van der Waals surface area contributed by atoms with E-state index >= 15 is 0 Å². The molecule has 4 N–H and O–H groups in total. The first-order valence-electron chi connectivity index (χ1n) is 5.05. The molecule has 1 fully saturated rings. The number of rotatable bonds is 4. The van der Waals surface area contributed by atoms with E-state index in [1.54, 1.807) is 0 Å². The number of ketones is 1. The first kappa shape index (κ1) is 14.4. The van der Waals surface area contributed by atoms with Crippen LogP contribution in [-0.2, 0) is 19.9 Å². The Balaban J connectivity index is 1.97. The van der Waals surface area contributed by atoms with Gasteiger partial charge in [0.05, 0.1) is 6.54 Å². The molecule has 0 radical (unpaired) electrons. The van der Waals surface area contributed by atoms with Gasteiger partial charge in [-0.1, -0.05) is 0 Å². The van der Waals surface area contributed by atoms with Gasteiger partial charge in [-0.05, 0) is 0 Å². The molecule has 12 heteroatoms. The fourth-order valence-corrected chi connectivity index (χ4v) is 2.68. The standard InChI is InChI=1S/C8H8N4O6S2/c9-8-11-4(2-19-8)5(13)6(14)10-3-1-12(7(3)15)20(16,17)18/h2-3H,1H2,(H2,9,11)(H,10,14)(H,16,17,18)/t3-/m0/s1. The molecule has 1 atom stereocenters. The van der Waals surface area contributed by atoms with Crippen LogP contribution in [0, 0.1) is 0 Å². The molecule has 2 rings (SSSR count). The van der Waals surface area contributed by atoms with Gasteiger partial charge in [0.2, 0.25) is 0 Å². The van der Waals surface area contributed by atoms with Gasteiger partial charge in [0.25, 0.3) is 17.6 Å². The van der Waals surface area contributed by atoms with Crippen molar-refractivity contribution in [1.82, 2.24) is 14.6 Å². The first-order valence-corrected chi connectivity index (χ1v) is 7.33. The molecule has 1 aromatic rings. The van der Waals surface area contributed by atoms with Crippen molar-refractivity contribution in [3.63, 3.8) is 0 Å². The molecular weight excluding hydrogens is 312 g/mol. The summed E-state index contributed by atoms with van der Waals surface area (Å²) in [6.45, 7) is -0.435. The summed E-state index contributed by atoms with van der Waals surface area (Å²) in [5, 5.41) is 3.44. The van der Waals surface area contributed by atoms with E-state index in [-0.39, 0.29) is 15.1 Å². The second kappa shape index (κ2) is 4.81. The van der Waals surface area contributed by atoms with Gasteiger partial charge in [-0.25, -0.2) is 9.29 Å². The van der Waals surface area contributed by atoms with Crippen LogP contribution in [0.1, 0.15) is 10.5 Å². The molecule has 0 unspecified atom stereocenters. The smallest absolute Gasteiger partial charge is 0.362 e. The molecular formula is C8H8N4O6S2. The quantitative estimate of drug-likeness (QED) is 0.249. The van der Waals surface area contributed by atoms with Crippen molar-refractivity contribution in [2.45, 2.75) is 6.04 Å². The minimum atomic E-state index is -4.63. The number of nitrogens with two attached hydrogens (primary N) is 1. The number of β-lactam (4-membered cyclic amide) rings is 1. The first-order chi connectivity index (χ1) is 9.20. The SMILES string of the molecule is Nc1nc(C(=O)C(=O)N[C@H]2CN(S(=O)(=O)O)C2=O)cs1. The van der Waals surface area contributed by atoms with Crippen LogP contribution in [0.15, 0.2) is 5.38 Å². The van der Waals surface area contributed by atoms with E-state index < -0.39 is 40.5 Å². The third-order valence-corrected chi connectivity index (χ3v) is 4.00. The lowest BCUT2D eigenvalue weighted by Crippen LogP contribution is -2.65. The van der Waals surface area contributed by atoms with Gasteiger partial charge >= 0.3 is 10.3 Å². The number of anilines is 1. The van der Waals surface area contributed by atoms with Gasteiger partial charge in [-0.3, -0.25) is 18.9 Å². The number of nitrogens with zero attached hydrogens (tertiary/aromatic N) is 2. The lowest BCUT2D eigenvalue weighted by Gasteiger charge is -2.34. The van der Waals surface area contributed by atoms with E-state index in [9.17, 15) is 22.8 Å². The molecule has 0 spiro atoms. The van der Waals surface area contributed by atoms with Gasteiger partial charge in [0.15, 0.2) is 5.13 Å². The molecule has 2 heterocycles. The number of hydrogen-bond donors (Lipinski definition) is 3. The Morgan fingerprint density at radius 3 is 2.65 bits per heavy atom. The number of aromatic nitrogens is 1. The van der Waals surface area contributed by atoms with Gasteiger partial charge in [0.1, 0.15) is 11.7 Å². The van der Waals surface area contributed by atoms with Crippen LogP contribution in [0.25, 0.3) is 0 Å². The molecule has 0 saturated carbocycles. The number of nitrogen functional groups attached to an aromatic ring is 1. The van der Waals surface area contributed by atoms with E-state index in [0.29, 0.717) is 0 Å². The van der Waals surface area contributed by atoms with Crippen LogP contribution in [0.5, 0.6) is 0 Å². The molecule has 0 aromatic carbocycles. The summed E-state index contributed by atoms with van der Waals surface area (Å²) in [5.41, 5.74) is 5.15. The molecule has 2 amide bonds. The highest BCUT2D eigenvalue weighted by Gasteiger charge is 2.45. The molecule has 20 heavy (non-hydrogen) atoms.